The van der Waals surface area contributed by atoms with Gasteiger partial charge in [-0.15, -0.1) is 0 Å². The Morgan fingerprint density at radius 1 is 1.21 bits per heavy atom. The van der Waals surface area contributed by atoms with Crippen LogP contribution >= 0.6 is 0 Å². The van der Waals surface area contributed by atoms with E-state index < -0.39 is 50.9 Å². The number of fused-ring (bicyclic) bond motifs is 1. The molecular weight excluding hydrogens is 464 g/mol. The Morgan fingerprint density at radius 3 is 2.62 bits per heavy atom. The Hall–Kier alpha value is -3.64. The summed E-state index contributed by atoms with van der Waals surface area (Å²) in [5, 5.41) is 8.34. The third kappa shape index (κ3) is 3.64. The van der Waals surface area contributed by atoms with Crippen molar-refractivity contribution in [3.05, 3.63) is 59.9 Å². The number of phenolic OH excluding ortho intramolecular Hbond substituents is 1. The zero-order valence-corrected chi connectivity index (χ0v) is 18.8. The van der Waals surface area contributed by atoms with E-state index in [1.54, 1.807) is 12.1 Å². The Kier molecular flexibility index (Phi) is 5.96. The molecule has 2 aliphatic heterocycles. The number of phenols is 1. The van der Waals surface area contributed by atoms with Crippen molar-refractivity contribution in [2.75, 3.05) is 13.1 Å². The molecule has 0 bridgehead atoms. The quantitative estimate of drug-likeness (QED) is 0.520. The van der Waals surface area contributed by atoms with E-state index >= 15 is 0 Å². The molecule has 0 radical (unpaired) electrons. The first-order valence-electron chi connectivity index (χ1n) is 10.5. The molecule has 3 N–H and O–H groups in total. The van der Waals surface area contributed by atoms with Crippen molar-refractivity contribution in [1.29, 1.82) is 0 Å². The number of ketones is 1. The van der Waals surface area contributed by atoms with Crippen molar-refractivity contribution in [2.24, 2.45) is 5.73 Å². The van der Waals surface area contributed by atoms with E-state index in [9.17, 15) is 32.7 Å². The molecule has 34 heavy (non-hydrogen) atoms. The van der Waals surface area contributed by atoms with Gasteiger partial charge < -0.3 is 15.7 Å². The molecule has 3 heterocycles. The standard InChI is InChI=1S/C22H22N4O7S/c23-21(31)22-17(8-10-25(22)19(29)7-6-14-3-1-5-16(27)11-14)26(13-18(22)28)34(32,33)20(30)15-4-2-9-24-12-15/h1-5,9,11-12,17,27H,6-8,10,13H2,(H2,23,31). The van der Waals surface area contributed by atoms with Crippen LogP contribution in [0.4, 0.5) is 0 Å². The number of primary amides is 1. The molecule has 2 fully saturated rings. The highest BCUT2D eigenvalue weighted by Gasteiger charge is 2.68. The lowest BCUT2D eigenvalue weighted by molar-refractivity contribution is -0.149. The molecular formula is C22H22N4O7S. The molecule has 11 nitrogen and oxygen atoms in total. The van der Waals surface area contributed by atoms with Crippen LogP contribution in [0.3, 0.4) is 0 Å². The number of hydrogen-bond acceptors (Lipinski definition) is 8. The summed E-state index contributed by atoms with van der Waals surface area (Å²) < 4.78 is 26.9. The van der Waals surface area contributed by atoms with Crippen LogP contribution in [0.25, 0.3) is 0 Å². The van der Waals surface area contributed by atoms with Crippen LogP contribution in [-0.4, -0.2) is 75.1 Å². The van der Waals surface area contributed by atoms with Gasteiger partial charge in [0.2, 0.25) is 5.91 Å². The van der Waals surface area contributed by atoms with E-state index in [1.165, 1.54) is 30.5 Å². The number of nitrogens with two attached hydrogens (primary N) is 1. The van der Waals surface area contributed by atoms with Crippen LogP contribution in [0.2, 0.25) is 0 Å². The van der Waals surface area contributed by atoms with Crippen LogP contribution in [0.1, 0.15) is 28.8 Å². The summed E-state index contributed by atoms with van der Waals surface area (Å²) in [6.45, 7) is -0.830. The third-order valence-electron chi connectivity index (χ3n) is 6.26. The molecule has 2 unspecified atom stereocenters. The number of aromatic hydroxyl groups is 1. The summed E-state index contributed by atoms with van der Waals surface area (Å²) in [6, 6.07) is 7.69. The second kappa shape index (κ2) is 8.61. The predicted molar refractivity (Wildman–Crippen MR) is 118 cm³/mol. The number of hydrogen-bond donors (Lipinski definition) is 2. The van der Waals surface area contributed by atoms with Gasteiger partial charge in [0.25, 0.3) is 21.0 Å². The minimum Gasteiger partial charge on any atom is -0.508 e. The maximum atomic E-state index is 13.1. The van der Waals surface area contributed by atoms with Gasteiger partial charge in [-0.05, 0) is 42.7 Å². The number of rotatable bonds is 6. The van der Waals surface area contributed by atoms with E-state index in [0.29, 0.717) is 9.87 Å². The third-order valence-corrected chi connectivity index (χ3v) is 7.97. The van der Waals surface area contributed by atoms with Gasteiger partial charge in [-0.3, -0.25) is 24.2 Å². The number of aromatic nitrogens is 1. The number of likely N-dealkylation sites (tertiary alicyclic amines) is 1. The summed E-state index contributed by atoms with van der Waals surface area (Å²) in [6.07, 6.45) is 2.55. The Bertz CT molecular complexity index is 1280. The fourth-order valence-corrected chi connectivity index (χ4v) is 6.23. The molecule has 0 saturated carbocycles. The van der Waals surface area contributed by atoms with Gasteiger partial charge in [-0.25, -0.2) is 8.42 Å². The van der Waals surface area contributed by atoms with E-state index in [0.717, 1.165) is 11.1 Å². The summed E-state index contributed by atoms with van der Waals surface area (Å²) >= 11 is 0. The topological polar surface area (TPSA) is 168 Å². The lowest BCUT2D eigenvalue weighted by Crippen LogP contribution is -2.64. The van der Waals surface area contributed by atoms with Gasteiger partial charge in [0, 0.05) is 25.4 Å². The number of carbonyl (C=O) groups is 4. The Morgan fingerprint density at radius 2 is 1.97 bits per heavy atom. The fourth-order valence-electron chi connectivity index (χ4n) is 4.72. The molecule has 1 aromatic heterocycles. The largest absolute Gasteiger partial charge is 0.508 e. The van der Waals surface area contributed by atoms with E-state index in [2.05, 4.69) is 4.98 Å². The normalized spacial score (nSPS) is 22.5. The molecule has 2 aliphatic rings. The number of Topliss-reactive ketones (excluding diaryl/α,β-unsaturated/α-hetero) is 1. The van der Waals surface area contributed by atoms with Crippen molar-refractivity contribution in [1.82, 2.24) is 14.2 Å². The van der Waals surface area contributed by atoms with Gasteiger partial charge in [0.1, 0.15) is 5.75 Å². The summed E-state index contributed by atoms with van der Waals surface area (Å²) in [7, 11) is -4.70. The molecule has 2 aromatic rings. The maximum Gasteiger partial charge on any atom is 0.293 e. The molecule has 12 heteroatoms. The number of carbonyl (C=O) groups excluding carboxylic acids is 4. The van der Waals surface area contributed by atoms with Crippen LogP contribution in [0.5, 0.6) is 5.75 Å². The first-order chi connectivity index (χ1) is 16.1. The maximum absolute atomic E-state index is 13.1. The number of sulfonamides is 1. The monoisotopic (exact) mass is 486 g/mol. The fraction of sp³-hybridized carbons (Fsp3) is 0.318. The van der Waals surface area contributed by atoms with Crippen molar-refractivity contribution in [3.63, 3.8) is 0 Å². The van der Waals surface area contributed by atoms with Crippen molar-refractivity contribution < 1.29 is 32.7 Å². The van der Waals surface area contributed by atoms with Crippen LogP contribution < -0.4 is 5.73 Å². The highest BCUT2D eigenvalue weighted by molar-refractivity contribution is 8.04. The van der Waals surface area contributed by atoms with Crippen molar-refractivity contribution in [2.45, 2.75) is 30.8 Å². The Labute approximate surface area is 195 Å². The molecule has 0 aliphatic carbocycles. The number of benzene rings is 1. The highest BCUT2D eigenvalue weighted by atomic mass is 32.2. The van der Waals surface area contributed by atoms with Crippen LogP contribution in [0, 0.1) is 0 Å². The molecule has 2 amide bonds. The minimum atomic E-state index is -4.70. The molecule has 1 aromatic carbocycles. The average molecular weight is 487 g/mol. The van der Waals surface area contributed by atoms with Crippen molar-refractivity contribution >= 4 is 32.7 Å². The van der Waals surface area contributed by atoms with Gasteiger partial charge >= 0.3 is 0 Å². The first-order valence-corrected chi connectivity index (χ1v) is 11.9. The number of nitrogens with zero attached hydrogens (tertiary/aromatic N) is 3. The van der Waals surface area contributed by atoms with Crippen molar-refractivity contribution in [3.8, 4) is 5.75 Å². The van der Waals surface area contributed by atoms with Gasteiger partial charge in [0.15, 0.2) is 11.3 Å². The van der Waals surface area contributed by atoms with Crippen LogP contribution in [0.15, 0.2) is 48.8 Å². The molecule has 2 saturated heterocycles. The average Bonchev–Trinajstić information content (AvgIpc) is 3.35. The van der Waals surface area contributed by atoms with E-state index in [-0.39, 0.29) is 37.1 Å². The van der Waals surface area contributed by atoms with E-state index in [1.807, 2.05) is 0 Å². The first kappa shape index (κ1) is 23.5. The van der Waals surface area contributed by atoms with Gasteiger partial charge in [-0.2, -0.15) is 4.31 Å². The lowest BCUT2D eigenvalue weighted by atomic mass is 9.89. The summed E-state index contributed by atoms with van der Waals surface area (Å²) in [5.74, 6) is -2.52. The molecule has 0 spiro atoms. The summed E-state index contributed by atoms with van der Waals surface area (Å²) in [4.78, 5) is 56.3. The Balaban J connectivity index is 1.62. The van der Waals surface area contributed by atoms with Crippen LogP contribution in [-0.2, 0) is 30.8 Å². The second-order valence-electron chi connectivity index (χ2n) is 8.15. The number of aryl methyl sites for hydroxylation is 1. The predicted octanol–water partition coefficient (Wildman–Crippen LogP) is -0.400. The lowest BCUT2D eigenvalue weighted by Gasteiger charge is -2.34. The van der Waals surface area contributed by atoms with Gasteiger partial charge in [0.05, 0.1) is 18.2 Å². The molecule has 178 valence electrons. The van der Waals surface area contributed by atoms with E-state index in [4.69, 9.17) is 5.73 Å². The smallest absolute Gasteiger partial charge is 0.293 e. The SMILES string of the molecule is NC(=O)C12C(=O)CN(S(=O)(=O)C(=O)c3cccnc3)C1CCN2C(=O)CCc1cccc(O)c1. The zero-order chi connectivity index (χ0) is 24.7. The number of amides is 2. The van der Waals surface area contributed by atoms with Gasteiger partial charge in [-0.1, -0.05) is 12.1 Å². The minimum absolute atomic E-state index is 0.0323. The highest BCUT2D eigenvalue weighted by Crippen LogP contribution is 2.41. The molecule has 4 rings (SSSR count). The zero-order valence-electron chi connectivity index (χ0n) is 18.0. The summed E-state index contributed by atoms with van der Waals surface area (Å²) in [5.41, 5.74) is 3.90. The number of pyridine rings is 1. The second-order valence-corrected chi connectivity index (χ2v) is 9.94. The molecule has 2 atom stereocenters.